The molecule has 0 spiro atoms. The summed E-state index contributed by atoms with van der Waals surface area (Å²) in [4.78, 5) is 28.7. The van der Waals surface area contributed by atoms with Crippen LogP contribution in [0.2, 0.25) is 0 Å². The van der Waals surface area contributed by atoms with Gasteiger partial charge in [-0.1, -0.05) is 0 Å². The quantitative estimate of drug-likeness (QED) is 0.531. The number of carbonyl (C=O) groups excluding carboxylic acids is 2. The van der Waals surface area contributed by atoms with Crippen molar-refractivity contribution in [1.82, 2.24) is 24.9 Å². The van der Waals surface area contributed by atoms with Crippen LogP contribution >= 0.6 is 0 Å². The topological polar surface area (TPSA) is 101 Å². The SMILES string of the molecule is COCCNC(=O)Cn1cc(NC(=O)N2CCC(CCCN3CCOCC3)CC2)cn1. The van der Waals surface area contributed by atoms with Gasteiger partial charge in [0.15, 0.2) is 0 Å². The van der Waals surface area contributed by atoms with Crippen molar-refractivity contribution in [2.45, 2.75) is 32.2 Å². The first kappa shape index (κ1) is 23.5. The predicted octanol–water partition coefficient (Wildman–Crippen LogP) is 1.00. The average molecular weight is 437 g/mol. The minimum Gasteiger partial charge on any atom is -0.383 e. The molecule has 31 heavy (non-hydrogen) atoms. The molecule has 1 aromatic rings. The summed E-state index contributed by atoms with van der Waals surface area (Å²) in [6, 6.07) is -0.101. The summed E-state index contributed by atoms with van der Waals surface area (Å²) in [5.41, 5.74) is 0.599. The molecule has 0 aliphatic carbocycles. The third-order valence-electron chi connectivity index (χ3n) is 5.91. The lowest BCUT2D eigenvalue weighted by Crippen LogP contribution is -2.41. The number of likely N-dealkylation sites (tertiary alicyclic amines) is 1. The zero-order chi connectivity index (χ0) is 21.9. The van der Waals surface area contributed by atoms with Gasteiger partial charge in [-0.25, -0.2) is 4.79 Å². The highest BCUT2D eigenvalue weighted by Gasteiger charge is 2.23. The molecule has 10 nitrogen and oxygen atoms in total. The van der Waals surface area contributed by atoms with E-state index in [0.29, 0.717) is 24.8 Å². The number of hydrogen-bond acceptors (Lipinski definition) is 6. The van der Waals surface area contributed by atoms with E-state index in [4.69, 9.17) is 9.47 Å². The van der Waals surface area contributed by atoms with Gasteiger partial charge in [0.2, 0.25) is 5.91 Å². The van der Waals surface area contributed by atoms with Crippen LogP contribution in [-0.2, 0) is 20.8 Å². The summed E-state index contributed by atoms with van der Waals surface area (Å²) < 4.78 is 11.8. The zero-order valence-electron chi connectivity index (χ0n) is 18.6. The van der Waals surface area contributed by atoms with Crippen molar-refractivity contribution in [1.29, 1.82) is 0 Å². The predicted molar refractivity (Wildman–Crippen MR) is 117 cm³/mol. The third-order valence-corrected chi connectivity index (χ3v) is 5.91. The number of urea groups is 1. The molecule has 2 aliphatic rings. The molecule has 2 fully saturated rings. The minimum absolute atomic E-state index is 0.101. The normalized spacial score (nSPS) is 18.2. The maximum atomic E-state index is 12.6. The highest BCUT2D eigenvalue weighted by atomic mass is 16.5. The van der Waals surface area contributed by atoms with Gasteiger partial charge >= 0.3 is 6.03 Å². The first-order valence-electron chi connectivity index (χ1n) is 11.3. The molecule has 174 valence electrons. The Labute approximate surface area is 184 Å². The molecule has 3 amide bonds. The fourth-order valence-electron chi connectivity index (χ4n) is 4.07. The van der Waals surface area contributed by atoms with Gasteiger partial charge in [-0.05, 0) is 38.1 Å². The Morgan fingerprint density at radius 2 is 2.00 bits per heavy atom. The molecule has 0 bridgehead atoms. The molecule has 0 radical (unpaired) electrons. The second-order valence-corrected chi connectivity index (χ2v) is 8.23. The second kappa shape index (κ2) is 12.6. The van der Waals surface area contributed by atoms with E-state index in [9.17, 15) is 9.59 Å². The van der Waals surface area contributed by atoms with Gasteiger partial charge < -0.3 is 25.0 Å². The summed E-state index contributed by atoms with van der Waals surface area (Å²) in [5, 5.41) is 9.78. The Balaban J connectivity index is 1.31. The van der Waals surface area contributed by atoms with E-state index >= 15 is 0 Å². The van der Waals surface area contributed by atoms with Crippen molar-refractivity contribution in [3.8, 4) is 0 Å². The lowest BCUT2D eigenvalue weighted by Gasteiger charge is -2.32. The number of amides is 3. The van der Waals surface area contributed by atoms with E-state index in [1.165, 1.54) is 17.5 Å². The van der Waals surface area contributed by atoms with Crippen LogP contribution in [0.15, 0.2) is 12.4 Å². The highest BCUT2D eigenvalue weighted by molar-refractivity contribution is 5.89. The standard InChI is InChI=1S/C21H36N6O4/c1-30-12-6-22-20(28)17-27-16-19(15-23-27)24-21(29)26-8-4-18(5-9-26)3-2-7-25-10-13-31-14-11-25/h15-16,18H,2-14,17H2,1H3,(H,22,28)(H,24,29). The van der Waals surface area contributed by atoms with E-state index in [1.54, 1.807) is 19.5 Å². The summed E-state index contributed by atoms with van der Waals surface area (Å²) in [7, 11) is 1.59. The number of nitrogens with one attached hydrogen (secondary N) is 2. The molecule has 3 heterocycles. The van der Waals surface area contributed by atoms with Crippen LogP contribution in [-0.4, -0.2) is 97.7 Å². The average Bonchev–Trinajstić information content (AvgIpc) is 3.21. The van der Waals surface area contributed by atoms with Crippen LogP contribution < -0.4 is 10.6 Å². The maximum absolute atomic E-state index is 12.6. The molecule has 10 heteroatoms. The fourth-order valence-corrected chi connectivity index (χ4v) is 4.07. The van der Waals surface area contributed by atoms with Gasteiger partial charge in [0.05, 0.1) is 31.7 Å². The first-order chi connectivity index (χ1) is 15.1. The van der Waals surface area contributed by atoms with E-state index in [1.807, 2.05) is 4.90 Å². The van der Waals surface area contributed by atoms with Crippen molar-refractivity contribution < 1.29 is 19.1 Å². The molecule has 0 aromatic carbocycles. The molecule has 3 rings (SSSR count). The smallest absolute Gasteiger partial charge is 0.321 e. The van der Waals surface area contributed by atoms with Crippen molar-refractivity contribution in [2.24, 2.45) is 5.92 Å². The molecule has 0 saturated carbocycles. The van der Waals surface area contributed by atoms with E-state index in [-0.39, 0.29) is 18.5 Å². The van der Waals surface area contributed by atoms with Crippen molar-refractivity contribution in [3.05, 3.63) is 12.4 Å². The van der Waals surface area contributed by atoms with Gasteiger partial charge in [-0.15, -0.1) is 0 Å². The lowest BCUT2D eigenvalue weighted by molar-refractivity contribution is -0.122. The van der Waals surface area contributed by atoms with Crippen LogP contribution in [0.3, 0.4) is 0 Å². The van der Waals surface area contributed by atoms with Crippen molar-refractivity contribution in [2.75, 3.05) is 71.5 Å². The number of hydrogen-bond donors (Lipinski definition) is 2. The van der Waals surface area contributed by atoms with Crippen LogP contribution in [0.1, 0.15) is 25.7 Å². The number of carbonyl (C=O) groups is 2. The number of methoxy groups -OCH3 is 1. The lowest BCUT2D eigenvalue weighted by atomic mass is 9.92. The molecule has 2 aliphatic heterocycles. The number of ether oxygens (including phenoxy) is 2. The third kappa shape index (κ3) is 8.12. The number of rotatable bonds is 10. The molecule has 1 aromatic heterocycles. The molecular weight excluding hydrogens is 400 g/mol. The molecule has 2 saturated heterocycles. The van der Waals surface area contributed by atoms with E-state index in [0.717, 1.165) is 58.8 Å². The summed E-state index contributed by atoms with van der Waals surface area (Å²) >= 11 is 0. The summed E-state index contributed by atoms with van der Waals surface area (Å²) in [6.07, 6.45) is 7.79. The van der Waals surface area contributed by atoms with Crippen LogP contribution in [0.4, 0.5) is 10.5 Å². The minimum atomic E-state index is -0.145. The zero-order valence-corrected chi connectivity index (χ0v) is 18.6. The van der Waals surface area contributed by atoms with Crippen LogP contribution in [0.25, 0.3) is 0 Å². The monoisotopic (exact) mass is 436 g/mol. The van der Waals surface area contributed by atoms with Crippen LogP contribution in [0, 0.1) is 5.92 Å². The van der Waals surface area contributed by atoms with Gasteiger partial charge in [-0.2, -0.15) is 5.10 Å². The molecule has 2 N–H and O–H groups in total. The Morgan fingerprint density at radius 1 is 1.23 bits per heavy atom. The molecule has 0 unspecified atom stereocenters. The van der Waals surface area contributed by atoms with E-state index < -0.39 is 0 Å². The number of piperidine rings is 1. The van der Waals surface area contributed by atoms with Crippen molar-refractivity contribution in [3.63, 3.8) is 0 Å². The van der Waals surface area contributed by atoms with Gasteiger partial charge in [0, 0.05) is 46.0 Å². The van der Waals surface area contributed by atoms with Crippen molar-refractivity contribution >= 4 is 17.6 Å². The first-order valence-corrected chi connectivity index (χ1v) is 11.3. The second-order valence-electron chi connectivity index (χ2n) is 8.23. The summed E-state index contributed by atoms with van der Waals surface area (Å²) in [5.74, 6) is 0.554. The summed E-state index contributed by atoms with van der Waals surface area (Å²) in [6.45, 7) is 7.56. The van der Waals surface area contributed by atoms with Gasteiger partial charge in [-0.3, -0.25) is 14.4 Å². The van der Waals surface area contributed by atoms with Gasteiger partial charge in [0.25, 0.3) is 0 Å². The Hall–Kier alpha value is -2.17. The number of aromatic nitrogens is 2. The fraction of sp³-hybridized carbons (Fsp3) is 0.762. The van der Waals surface area contributed by atoms with Gasteiger partial charge in [0.1, 0.15) is 6.54 Å². The largest absolute Gasteiger partial charge is 0.383 e. The van der Waals surface area contributed by atoms with Crippen LogP contribution in [0.5, 0.6) is 0 Å². The maximum Gasteiger partial charge on any atom is 0.321 e. The number of anilines is 1. The Morgan fingerprint density at radius 3 is 2.74 bits per heavy atom. The van der Waals surface area contributed by atoms with E-state index in [2.05, 4.69) is 20.6 Å². The molecule has 0 atom stereocenters. The number of morpholine rings is 1. The Kier molecular flexibility index (Phi) is 9.57. The molecular formula is C21H36N6O4. The highest BCUT2D eigenvalue weighted by Crippen LogP contribution is 2.22. The number of nitrogens with zero attached hydrogens (tertiary/aromatic N) is 4. The Bertz CT molecular complexity index is 683.